The standard InChI is InChI=1S/C20H40O/c1-14(2)10-9-11-17(7)20(21)13-12-19(8,16(5)6)18(20)15(3)4/h14-18,21H,9-13H2,1-8H3/t17-,18+,19+,20+/m0/s1. The van der Waals surface area contributed by atoms with Crippen LogP contribution in [0.5, 0.6) is 0 Å². The molecule has 0 spiro atoms. The van der Waals surface area contributed by atoms with Gasteiger partial charge in [-0.1, -0.05) is 68.2 Å². The van der Waals surface area contributed by atoms with Crippen molar-refractivity contribution in [3.05, 3.63) is 0 Å². The van der Waals surface area contributed by atoms with Gasteiger partial charge in [0.05, 0.1) is 5.60 Å². The van der Waals surface area contributed by atoms with Crippen molar-refractivity contribution in [2.45, 2.75) is 93.1 Å². The van der Waals surface area contributed by atoms with Crippen molar-refractivity contribution < 1.29 is 5.11 Å². The van der Waals surface area contributed by atoms with Crippen LogP contribution in [0.2, 0.25) is 0 Å². The van der Waals surface area contributed by atoms with Crippen molar-refractivity contribution in [3.63, 3.8) is 0 Å². The van der Waals surface area contributed by atoms with Crippen LogP contribution >= 0.6 is 0 Å². The van der Waals surface area contributed by atoms with Crippen molar-refractivity contribution in [2.75, 3.05) is 0 Å². The van der Waals surface area contributed by atoms with E-state index in [2.05, 4.69) is 55.4 Å². The zero-order chi connectivity index (χ0) is 16.4. The molecule has 0 bridgehead atoms. The third-order valence-corrected chi connectivity index (χ3v) is 6.57. The molecule has 0 aromatic rings. The first kappa shape index (κ1) is 19.0. The van der Waals surface area contributed by atoms with E-state index in [1.165, 1.54) is 25.7 Å². The van der Waals surface area contributed by atoms with E-state index in [0.29, 0.717) is 23.7 Å². The second kappa shape index (κ2) is 7.02. The van der Waals surface area contributed by atoms with Gasteiger partial charge in [0.25, 0.3) is 0 Å². The molecule has 0 radical (unpaired) electrons. The van der Waals surface area contributed by atoms with Crippen LogP contribution in [0.15, 0.2) is 0 Å². The molecule has 0 heterocycles. The molecule has 0 aromatic heterocycles. The third-order valence-electron chi connectivity index (χ3n) is 6.57. The zero-order valence-corrected chi connectivity index (χ0v) is 15.9. The lowest BCUT2D eigenvalue weighted by atomic mass is 9.61. The quantitative estimate of drug-likeness (QED) is 0.619. The van der Waals surface area contributed by atoms with Gasteiger partial charge in [0, 0.05) is 0 Å². The maximum absolute atomic E-state index is 11.5. The Balaban J connectivity index is 2.87. The second-order valence-electron chi connectivity index (χ2n) is 9.10. The van der Waals surface area contributed by atoms with E-state index in [-0.39, 0.29) is 5.41 Å². The van der Waals surface area contributed by atoms with E-state index in [9.17, 15) is 5.11 Å². The first-order valence-electron chi connectivity index (χ1n) is 9.28. The number of hydrogen-bond donors (Lipinski definition) is 1. The highest BCUT2D eigenvalue weighted by atomic mass is 16.3. The van der Waals surface area contributed by atoms with E-state index in [4.69, 9.17) is 0 Å². The minimum Gasteiger partial charge on any atom is -0.389 e. The third kappa shape index (κ3) is 3.84. The van der Waals surface area contributed by atoms with Crippen molar-refractivity contribution in [2.24, 2.45) is 35.0 Å². The molecular formula is C20H40O. The van der Waals surface area contributed by atoms with Crippen LogP contribution in [0, 0.1) is 35.0 Å². The number of hydrogen-bond acceptors (Lipinski definition) is 1. The Morgan fingerprint density at radius 1 is 0.952 bits per heavy atom. The molecule has 0 aliphatic heterocycles. The monoisotopic (exact) mass is 296 g/mol. The lowest BCUT2D eigenvalue weighted by Gasteiger charge is -2.46. The first-order valence-corrected chi connectivity index (χ1v) is 9.28. The molecule has 126 valence electrons. The molecule has 1 saturated carbocycles. The van der Waals surface area contributed by atoms with Crippen LogP contribution in [0.3, 0.4) is 0 Å². The highest BCUT2D eigenvalue weighted by Gasteiger charge is 2.57. The molecule has 0 amide bonds. The van der Waals surface area contributed by atoms with E-state index in [0.717, 1.165) is 12.3 Å². The predicted octanol–water partition coefficient (Wildman–Crippen LogP) is 5.91. The minimum atomic E-state index is -0.454. The smallest absolute Gasteiger partial charge is 0.0709 e. The van der Waals surface area contributed by atoms with Gasteiger partial charge in [-0.15, -0.1) is 0 Å². The normalized spacial score (nSPS) is 35.1. The van der Waals surface area contributed by atoms with Crippen molar-refractivity contribution in [1.29, 1.82) is 0 Å². The first-order chi connectivity index (χ1) is 9.55. The Bertz CT molecular complexity index is 320. The van der Waals surface area contributed by atoms with Gasteiger partial charge < -0.3 is 5.11 Å². The van der Waals surface area contributed by atoms with E-state index < -0.39 is 5.60 Å². The molecule has 1 aliphatic rings. The molecule has 0 unspecified atom stereocenters. The lowest BCUT2D eigenvalue weighted by molar-refractivity contribution is -0.0954. The Morgan fingerprint density at radius 2 is 1.52 bits per heavy atom. The van der Waals surface area contributed by atoms with Gasteiger partial charge in [-0.05, 0) is 54.3 Å². The van der Waals surface area contributed by atoms with Gasteiger partial charge in [0.1, 0.15) is 0 Å². The largest absolute Gasteiger partial charge is 0.389 e. The van der Waals surface area contributed by atoms with Crippen molar-refractivity contribution in [1.82, 2.24) is 0 Å². The summed E-state index contributed by atoms with van der Waals surface area (Å²) in [7, 11) is 0. The highest BCUT2D eigenvalue weighted by Crippen LogP contribution is 2.58. The highest BCUT2D eigenvalue weighted by molar-refractivity contribution is 5.07. The number of rotatable bonds is 7. The molecular weight excluding hydrogens is 256 g/mol. The maximum Gasteiger partial charge on any atom is 0.0709 e. The van der Waals surface area contributed by atoms with E-state index >= 15 is 0 Å². The molecule has 1 nitrogen and oxygen atoms in total. The van der Waals surface area contributed by atoms with Gasteiger partial charge in [0.2, 0.25) is 0 Å². The predicted molar refractivity (Wildman–Crippen MR) is 93.3 cm³/mol. The average Bonchev–Trinajstić information content (AvgIpc) is 2.63. The van der Waals surface area contributed by atoms with Crippen molar-refractivity contribution >= 4 is 0 Å². The van der Waals surface area contributed by atoms with Crippen LogP contribution in [0.1, 0.15) is 87.5 Å². The summed E-state index contributed by atoms with van der Waals surface area (Å²) in [5, 5.41) is 11.5. The van der Waals surface area contributed by atoms with E-state index in [1.54, 1.807) is 0 Å². The van der Waals surface area contributed by atoms with Crippen molar-refractivity contribution in [3.8, 4) is 0 Å². The summed E-state index contributed by atoms with van der Waals surface area (Å²) in [5.41, 5.74) is -0.167. The topological polar surface area (TPSA) is 20.2 Å². The van der Waals surface area contributed by atoms with Gasteiger partial charge in [-0.25, -0.2) is 0 Å². The Hall–Kier alpha value is -0.0400. The maximum atomic E-state index is 11.5. The summed E-state index contributed by atoms with van der Waals surface area (Å²) in [5.74, 6) is 2.82. The molecule has 1 heteroatoms. The summed E-state index contributed by atoms with van der Waals surface area (Å²) < 4.78 is 0. The Morgan fingerprint density at radius 3 is 1.95 bits per heavy atom. The van der Waals surface area contributed by atoms with Gasteiger partial charge in [-0.3, -0.25) is 0 Å². The molecule has 1 N–H and O–H groups in total. The van der Waals surface area contributed by atoms with Crippen LogP contribution in [-0.4, -0.2) is 10.7 Å². The second-order valence-corrected chi connectivity index (χ2v) is 9.10. The summed E-state index contributed by atoms with van der Waals surface area (Å²) in [6.45, 7) is 18.6. The zero-order valence-electron chi connectivity index (χ0n) is 15.9. The van der Waals surface area contributed by atoms with Gasteiger partial charge in [-0.2, -0.15) is 0 Å². The molecule has 0 saturated heterocycles. The Labute approximate surface area is 133 Å². The molecule has 0 aromatic carbocycles. The fraction of sp³-hybridized carbons (Fsp3) is 1.00. The Kier molecular flexibility index (Phi) is 6.36. The van der Waals surface area contributed by atoms with Crippen LogP contribution in [0.25, 0.3) is 0 Å². The average molecular weight is 297 g/mol. The molecule has 21 heavy (non-hydrogen) atoms. The molecule has 1 fully saturated rings. The van der Waals surface area contributed by atoms with Gasteiger partial charge >= 0.3 is 0 Å². The summed E-state index contributed by atoms with van der Waals surface area (Å²) >= 11 is 0. The fourth-order valence-corrected chi connectivity index (χ4v) is 4.97. The molecule has 4 atom stereocenters. The SMILES string of the molecule is CC(C)CCC[C@H](C)[C@]1(O)CC[C@](C)(C(C)C)[C@H]1C(C)C. The van der Waals surface area contributed by atoms with Crippen LogP contribution < -0.4 is 0 Å². The minimum absolute atomic E-state index is 0.287. The summed E-state index contributed by atoms with van der Waals surface area (Å²) in [6.07, 6.45) is 5.89. The van der Waals surface area contributed by atoms with Crippen LogP contribution in [-0.2, 0) is 0 Å². The number of aliphatic hydroxyl groups is 1. The molecule has 1 aliphatic carbocycles. The summed E-state index contributed by atoms with van der Waals surface area (Å²) in [6, 6.07) is 0. The van der Waals surface area contributed by atoms with E-state index in [1.807, 2.05) is 0 Å². The summed E-state index contributed by atoms with van der Waals surface area (Å²) in [4.78, 5) is 0. The van der Waals surface area contributed by atoms with Gasteiger partial charge in [0.15, 0.2) is 0 Å². The van der Waals surface area contributed by atoms with Crippen LogP contribution in [0.4, 0.5) is 0 Å². The lowest BCUT2D eigenvalue weighted by Crippen LogP contribution is -2.48. The molecule has 1 rings (SSSR count). The fourth-order valence-electron chi connectivity index (χ4n) is 4.97.